The highest BCUT2D eigenvalue weighted by molar-refractivity contribution is 7.99. The van der Waals surface area contributed by atoms with Crippen LogP contribution in [0, 0.1) is 5.92 Å². The van der Waals surface area contributed by atoms with Gasteiger partial charge in [-0.15, -0.1) is 0 Å². The van der Waals surface area contributed by atoms with Gasteiger partial charge in [0.25, 0.3) is 0 Å². The maximum Gasteiger partial charge on any atom is 0.222 e. The Morgan fingerprint density at radius 3 is 2.88 bits per heavy atom. The molecule has 1 aromatic carbocycles. The Hall–Kier alpha value is -2.05. The Balaban J connectivity index is 1.50. The van der Waals surface area contributed by atoms with E-state index in [1.165, 1.54) is 24.3 Å². The van der Waals surface area contributed by atoms with Crippen LogP contribution < -0.4 is 10.1 Å². The first-order valence-corrected chi connectivity index (χ1v) is 10.1. The molecule has 0 spiro atoms. The van der Waals surface area contributed by atoms with Gasteiger partial charge in [0.2, 0.25) is 5.28 Å². The fourth-order valence-electron chi connectivity index (χ4n) is 3.01. The molecular formula is C19H19ClN4OS. The summed E-state index contributed by atoms with van der Waals surface area (Å²) < 4.78 is 6.04. The minimum absolute atomic E-state index is 0.222. The van der Waals surface area contributed by atoms with E-state index in [2.05, 4.69) is 26.3 Å². The maximum absolute atomic E-state index is 6.04. The average molecular weight is 387 g/mol. The fraction of sp³-hybridized carbons (Fsp3) is 0.316. The Morgan fingerprint density at radius 1 is 1.19 bits per heavy atom. The van der Waals surface area contributed by atoms with Crippen molar-refractivity contribution in [1.29, 1.82) is 0 Å². The summed E-state index contributed by atoms with van der Waals surface area (Å²) in [5.41, 5.74) is 0.740. The second-order valence-corrected chi connectivity index (χ2v) is 7.79. The zero-order chi connectivity index (χ0) is 17.8. The third-order valence-corrected chi connectivity index (χ3v) is 5.84. The third kappa shape index (κ3) is 4.19. The Kier molecular flexibility index (Phi) is 5.41. The molecular weight excluding hydrogens is 368 g/mol. The van der Waals surface area contributed by atoms with Crippen molar-refractivity contribution in [2.45, 2.75) is 12.8 Å². The molecule has 0 radical (unpaired) electrons. The highest BCUT2D eigenvalue weighted by atomic mass is 35.5. The predicted octanol–water partition coefficient (Wildman–Crippen LogP) is 4.94. The molecule has 134 valence electrons. The lowest BCUT2D eigenvalue weighted by molar-refractivity contribution is 0.252. The number of hydrogen-bond acceptors (Lipinski definition) is 6. The van der Waals surface area contributed by atoms with Crippen LogP contribution in [-0.2, 0) is 0 Å². The van der Waals surface area contributed by atoms with Gasteiger partial charge in [-0.2, -0.15) is 11.8 Å². The van der Waals surface area contributed by atoms with E-state index >= 15 is 0 Å². The van der Waals surface area contributed by atoms with Crippen LogP contribution in [-0.4, -0.2) is 33.1 Å². The number of fused-ring (bicyclic) bond motifs is 1. The van der Waals surface area contributed by atoms with Crippen molar-refractivity contribution in [1.82, 2.24) is 15.0 Å². The minimum atomic E-state index is 0.222. The summed E-state index contributed by atoms with van der Waals surface area (Å²) in [7, 11) is 0. The van der Waals surface area contributed by atoms with Gasteiger partial charge < -0.3 is 10.1 Å². The molecule has 0 bridgehead atoms. The van der Waals surface area contributed by atoms with E-state index in [0.29, 0.717) is 5.92 Å². The van der Waals surface area contributed by atoms with Crippen LogP contribution in [0.15, 0.2) is 42.9 Å². The summed E-state index contributed by atoms with van der Waals surface area (Å²) in [4.78, 5) is 12.4. The number of anilines is 2. The van der Waals surface area contributed by atoms with Gasteiger partial charge in [-0.05, 0) is 65.6 Å². The molecule has 0 saturated carbocycles. The van der Waals surface area contributed by atoms with Gasteiger partial charge in [-0.3, -0.25) is 0 Å². The zero-order valence-corrected chi connectivity index (χ0v) is 15.8. The number of nitrogens with one attached hydrogen (secondary N) is 1. The first-order chi connectivity index (χ1) is 12.8. The molecule has 1 aliphatic rings. The van der Waals surface area contributed by atoms with Crippen LogP contribution in [0.2, 0.25) is 5.28 Å². The molecule has 1 atom stereocenters. The number of pyridine rings is 1. The lowest BCUT2D eigenvalue weighted by Crippen LogP contribution is -2.18. The van der Waals surface area contributed by atoms with Crippen LogP contribution in [0.1, 0.15) is 12.8 Å². The number of aromatic nitrogens is 3. The molecule has 3 aromatic rings. The van der Waals surface area contributed by atoms with E-state index in [0.717, 1.165) is 34.6 Å². The van der Waals surface area contributed by atoms with Gasteiger partial charge >= 0.3 is 0 Å². The van der Waals surface area contributed by atoms with E-state index in [1.807, 2.05) is 30.0 Å². The molecule has 1 saturated heterocycles. The topological polar surface area (TPSA) is 59.9 Å². The first kappa shape index (κ1) is 17.4. The second-order valence-electron chi connectivity index (χ2n) is 6.30. The summed E-state index contributed by atoms with van der Waals surface area (Å²) in [5.74, 6) is 4.80. The van der Waals surface area contributed by atoms with E-state index < -0.39 is 0 Å². The fourth-order valence-corrected chi connectivity index (χ4v) is 4.24. The molecule has 0 aliphatic carbocycles. The second kappa shape index (κ2) is 8.10. The smallest absolute Gasteiger partial charge is 0.222 e. The van der Waals surface area contributed by atoms with Crippen molar-refractivity contribution in [2.24, 2.45) is 5.92 Å². The molecule has 3 heterocycles. The average Bonchev–Trinajstić information content (AvgIpc) is 2.69. The van der Waals surface area contributed by atoms with Gasteiger partial charge in [-0.25, -0.2) is 15.0 Å². The number of thioether (sulfide) groups is 1. The van der Waals surface area contributed by atoms with Crippen LogP contribution in [0.3, 0.4) is 0 Å². The number of halogens is 1. The van der Waals surface area contributed by atoms with Crippen molar-refractivity contribution >= 4 is 45.6 Å². The van der Waals surface area contributed by atoms with E-state index in [4.69, 9.17) is 16.3 Å². The largest absolute Gasteiger partial charge is 0.493 e. The van der Waals surface area contributed by atoms with Crippen molar-refractivity contribution in [3.05, 3.63) is 48.1 Å². The Morgan fingerprint density at radius 2 is 2.08 bits per heavy atom. The standard InChI is InChI=1S/C19H19ClN4OS/c20-19-22-9-15(10-23-19)24-18-17-4-3-16(8-14(17)5-6-21-18)25-11-13-2-1-7-26-12-13/h3-6,8-10,13H,1-2,7,11-12H2,(H,21,24). The quantitative estimate of drug-likeness (QED) is 0.626. The van der Waals surface area contributed by atoms with Crippen LogP contribution in [0.4, 0.5) is 11.5 Å². The highest BCUT2D eigenvalue weighted by Crippen LogP contribution is 2.28. The number of hydrogen-bond donors (Lipinski definition) is 1. The molecule has 26 heavy (non-hydrogen) atoms. The van der Waals surface area contributed by atoms with Gasteiger partial charge in [0.15, 0.2) is 0 Å². The van der Waals surface area contributed by atoms with E-state index in [-0.39, 0.29) is 5.28 Å². The molecule has 2 aromatic heterocycles. The molecule has 1 aliphatic heterocycles. The number of benzene rings is 1. The predicted molar refractivity (Wildman–Crippen MR) is 108 cm³/mol. The first-order valence-electron chi connectivity index (χ1n) is 8.62. The van der Waals surface area contributed by atoms with Gasteiger partial charge in [0, 0.05) is 17.5 Å². The lowest BCUT2D eigenvalue weighted by atomic mass is 10.1. The summed E-state index contributed by atoms with van der Waals surface area (Å²) in [6.45, 7) is 0.789. The summed E-state index contributed by atoms with van der Waals surface area (Å²) in [6, 6.07) is 8.09. The lowest BCUT2D eigenvalue weighted by Gasteiger charge is -2.21. The minimum Gasteiger partial charge on any atom is -0.493 e. The number of ether oxygens (including phenoxy) is 1. The summed E-state index contributed by atoms with van der Waals surface area (Å²) >= 11 is 7.76. The van der Waals surface area contributed by atoms with Gasteiger partial charge in [0.1, 0.15) is 11.6 Å². The van der Waals surface area contributed by atoms with Crippen LogP contribution in [0.5, 0.6) is 5.75 Å². The van der Waals surface area contributed by atoms with E-state index in [1.54, 1.807) is 18.6 Å². The molecule has 5 nitrogen and oxygen atoms in total. The van der Waals surface area contributed by atoms with Crippen LogP contribution >= 0.6 is 23.4 Å². The van der Waals surface area contributed by atoms with Crippen LogP contribution in [0.25, 0.3) is 10.8 Å². The molecule has 1 unspecified atom stereocenters. The monoisotopic (exact) mass is 386 g/mol. The SMILES string of the molecule is Clc1ncc(Nc2nccc3cc(OCC4CCCSC4)ccc23)cn1. The summed E-state index contributed by atoms with van der Waals surface area (Å²) in [6.07, 6.45) is 7.61. The van der Waals surface area contributed by atoms with Crippen molar-refractivity contribution < 1.29 is 4.74 Å². The number of rotatable bonds is 5. The molecule has 1 fully saturated rings. The molecule has 1 N–H and O–H groups in total. The number of nitrogens with zero attached hydrogens (tertiary/aromatic N) is 3. The zero-order valence-electron chi connectivity index (χ0n) is 14.2. The Labute approximate surface area is 161 Å². The van der Waals surface area contributed by atoms with Gasteiger partial charge in [0.05, 0.1) is 24.7 Å². The Bertz CT molecular complexity index is 884. The maximum atomic E-state index is 6.04. The molecule has 0 amide bonds. The third-order valence-electron chi connectivity index (χ3n) is 4.36. The van der Waals surface area contributed by atoms with E-state index in [9.17, 15) is 0 Å². The normalized spacial score (nSPS) is 17.2. The highest BCUT2D eigenvalue weighted by Gasteiger charge is 2.14. The van der Waals surface area contributed by atoms with Crippen molar-refractivity contribution in [2.75, 3.05) is 23.4 Å². The molecule has 4 rings (SSSR count). The van der Waals surface area contributed by atoms with Gasteiger partial charge in [-0.1, -0.05) is 0 Å². The summed E-state index contributed by atoms with van der Waals surface area (Å²) in [5, 5.41) is 5.55. The van der Waals surface area contributed by atoms with Crippen molar-refractivity contribution in [3.63, 3.8) is 0 Å². The molecule has 7 heteroatoms. The van der Waals surface area contributed by atoms with Crippen molar-refractivity contribution in [3.8, 4) is 5.75 Å².